The maximum Gasteiger partial charge on any atom is 0.316 e. The fraction of sp³-hybridized carbons (Fsp3) is 0.600. The molecule has 142 valence electrons. The van der Waals surface area contributed by atoms with Crippen LogP contribution in [0, 0.1) is 0 Å². The molecule has 11 heteroatoms. The van der Waals surface area contributed by atoms with Crippen molar-refractivity contribution >= 4 is 29.6 Å². The summed E-state index contributed by atoms with van der Waals surface area (Å²) in [6.07, 6.45) is 2.45. The van der Waals surface area contributed by atoms with Crippen LogP contribution in [0.3, 0.4) is 0 Å². The van der Waals surface area contributed by atoms with Crippen LogP contribution in [0.15, 0.2) is 11.5 Å². The van der Waals surface area contributed by atoms with Gasteiger partial charge in [-0.2, -0.15) is 19.6 Å². The molecule has 1 unspecified atom stereocenters. The lowest BCUT2D eigenvalue weighted by Gasteiger charge is -2.15. The van der Waals surface area contributed by atoms with Crippen molar-refractivity contribution in [3.05, 3.63) is 6.33 Å². The molecule has 2 aromatic rings. The van der Waals surface area contributed by atoms with Gasteiger partial charge in [0.15, 0.2) is 0 Å². The Hall–Kier alpha value is -2.43. The molecule has 2 rings (SSSR count). The molecule has 2 heterocycles. The van der Waals surface area contributed by atoms with E-state index in [1.807, 2.05) is 14.1 Å². The Kier molecular flexibility index (Phi) is 7.13. The molecule has 0 saturated carbocycles. The van der Waals surface area contributed by atoms with E-state index in [2.05, 4.69) is 44.2 Å². The van der Waals surface area contributed by atoms with Gasteiger partial charge in [-0.3, -0.25) is 4.79 Å². The molecular formula is C15H24N8O2S. The van der Waals surface area contributed by atoms with Gasteiger partial charge in [0.2, 0.25) is 17.1 Å². The molecule has 0 aliphatic heterocycles. The van der Waals surface area contributed by atoms with Crippen LogP contribution in [0.4, 0.5) is 11.9 Å². The van der Waals surface area contributed by atoms with E-state index in [1.165, 1.54) is 22.8 Å². The zero-order chi connectivity index (χ0) is 19.1. The molecule has 10 nitrogen and oxygen atoms in total. The van der Waals surface area contributed by atoms with Crippen LogP contribution >= 0.6 is 11.8 Å². The normalized spacial score (nSPS) is 11.9. The van der Waals surface area contributed by atoms with Crippen LogP contribution in [0.1, 0.15) is 27.2 Å². The molecule has 0 saturated heterocycles. The summed E-state index contributed by atoms with van der Waals surface area (Å²) in [6.45, 7) is 6.25. The summed E-state index contributed by atoms with van der Waals surface area (Å²) in [4.78, 5) is 30.6. The van der Waals surface area contributed by atoms with Gasteiger partial charge in [0.25, 0.3) is 5.95 Å². The van der Waals surface area contributed by atoms with E-state index in [-0.39, 0.29) is 17.8 Å². The molecule has 1 N–H and O–H groups in total. The zero-order valence-electron chi connectivity index (χ0n) is 15.6. The molecule has 2 aromatic heterocycles. The Labute approximate surface area is 156 Å². The molecule has 0 aromatic carbocycles. The van der Waals surface area contributed by atoms with Gasteiger partial charge in [-0.25, -0.2) is 4.98 Å². The van der Waals surface area contributed by atoms with Gasteiger partial charge in [0.1, 0.15) is 6.33 Å². The summed E-state index contributed by atoms with van der Waals surface area (Å²) < 4.78 is 6.35. The quantitative estimate of drug-likeness (QED) is 0.506. The minimum Gasteiger partial charge on any atom is -0.465 e. The van der Waals surface area contributed by atoms with Gasteiger partial charge in [0.05, 0.1) is 12.4 Å². The van der Waals surface area contributed by atoms with Crippen LogP contribution in [0.2, 0.25) is 0 Å². The molecule has 0 aliphatic carbocycles. The smallest absolute Gasteiger partial charge is 0.316 e. The van der Waals surface area contributed by atoms with E-state index in [0.29, 0.717) is 29.6 Å². The number of thioether (sulfide) groups is 1. The van der Waals surface area contributed by atoms with Crippen LogP contribution in [0.5, 0.6) is 0 Å². The highest BCUT2D eigenvalue weighted by Gasteiger charge is 2.14. The number of anilines is 2. The Morgan fingerprint density at radius 3 is 2.77 bits per heavy atom. The summed E-state index contributed by atoms with van der Waals surface area (Å²) >= 11 is 1.20. The number of hydrogen-bond donors (Lipinski definition) is 1. The third-order valence-electron chi connectivity index (χ3n) is 3.30. The fourth-order valence-corrected chi connectivity index (χ4v) is 2.38. The molecule has 0 bridgehead atoms. The Morgan fingerprint density at radius 2 is 2.12 bits per heavy atom. The van der Waals surface area contributed by atoms with E-state index in [4.69, 9.17) is 4.74 Å². The molecular weight excluding hydrogens is 356 g/mol. The first-order chi connectivity index (χ1) is 12.4. The van der Waals surface area contributed by atoms with Crippen molar-refractivity contribution in [1.29, 1.82) is 0 Å². The van der Waals surface area contributed by atoms with E-state index in [0.717, 1.165) is 6.42 Å². The number of rotatable bonds is 9. The maximum absolute atomic E-state index is 11.4. The summed E-state index contributed by atoms with van der Waals surface area (Å²) in [7, 11) is 3.71. The lowest BCUT2D eigenvalue weighted by Crippen LogP contribution is -2.21. The molecule has 0 aliphatic rings. The van der Waals surface area contributed by atoms with Crippen molar-refractivity contribution in [3.8, 4) is 5.95 Å². The second kappa shape index (κ2) is 9.32. The van der Waals surface area contributed by atoms with Gasteiger partial charge in [0, 0.05) is 20.1 Å². The first-order valence-corrected chi connectivity index (χ1v) is 9.31. The van der Waals surface area contributed by atoms with Crippen LogP contribution in [-0.4, -0.2) is 68.2 Å². The predicted molar refractivity (Wildman–Crippen MR) is 99.8 cm³/mol. The molecule has 0 amide bonds. The average molecular weight is 380 g/mol. The minimum absolute atomic E-state index is 0.152. The molecule has 0 fully saturated rings. The standard InChI is InChI=1S/C15H24N8O2S/c1-6-10(3)17-12-18-13(22(4)5)20-14(19-12)23-9-16-15(21-23)26-8-11(24)25-7-2/h9-10H,6-8H2,1-5H3,(H,17,18,19,20). The summed E-state index contributed by atoms with van der Waals surface area (Å²) in [6, 6.07) is 0.228. The molecule has 0 spiro atoms. The van der Waals surface area contributed by atoms with Crippen molar-refractivity contribution in [3.63, 3.8) is 0 Å². The third-order valence-corrected chi connectivity index (χ3v) is 4.13. The largest absolute Gasteiger partial charge is 0.465 e. The average Bonchev–Trinajstić information content (AvgIpc) is 3.09. The lowest BCUT2D eigenvalue weighted by atomic mass is 10.3. The van der Waals surface area contributed by atoms with Crippen LogP contribution < -0.4 is 10.2 Å². The number of aromatic nitrogens is 6. The predicted octanol–water partition coefficient (Wildman–Crippen LogP) is 1.38. The van der Waals surface area contributed by atoms with E-state index in [1.54, 1.807) is 11.8 Å². The number of carbonyl (C=O) groups is 1. The van der Waals surface area contributed by atoms with E-state index in [9.17, 15) is 4.79 Å². The highest BCUT2D eigenvalue weighted by atomic mass is 32.2. The first-order valence-electron chi connectivity index (χ1n) is 8.33. The van der Waals surface area contributed by atoms with Crippen molar-refractivity contribution in [2.75, 3.05) is 36.7 Å². The van der Waals surface area contributed by atoms with E-state index >= 15 is 0 Å². The monoisotopic (exact) mass is 380 g/mol. The molecule has 1 atom stereocenters. The highest BCUT2D eigenvalue weighted by Crippen LogP contribution is 2.15. The van der Waals surface area contributed by atoms with Crippen molar-refractivity contribution in [2.24, 2.45) is 0 Å². The van der Waals surface area contributed by atoms with Crippen molar-refractivity contribution < 1.29 is 9.53 Å². The Bertz CT molecular complexity index is 736. The third kappa shape index (κ3) is 5.55. The minimum atomic E-state index is -0.302. The summed E-state index contributed by atoms with van der Waals surface area (Å²) in [5, 5.41) is 8.00. The first kappa shape index (κ1) is 19.9. The van der Waals surface area contributed by atoms with E-state index < -0.39 is 0 Å². The Balaban J connectivity index is 2.20. The zero-order valence-corrected chi connectivity index (χ0v) is 16.4. The molecule has 26 heavy (non-hydrogen) atoms. The van der Waals surface area contributed by atoms with Gasteiger partial charge in [-0.1, -0.05) is 18.7 Å². The number of esters is 1. The van der Waals surface area contributed by atoms with Crippen LogP contribution in [0.25, 0.3) is 5.95 Å². The van der Waals surface area contributed by atoms with Gasteiger partial charge in [-0.05, 0) is 20.3 Å². The lowest BCUT2D eigenvalue weighted by molar-refractivity contribution is -0.139. The molecule has 0 radical (unpaired) electrons. The van der Waals surface area contributed by atoms with Gasteiger partial charge < -0.3 is 15.0 Å². The Morgan fingerprint density at radius 1 is 1.35 bits per heavy atom. The van der Waals surface area contributed by atoms with Gasteiger partial charge >= 0.3 is 5.97 Å². The maximum atomic E-state index is 11.4. The summed E-state index contributed by atoms with van der Waals surface area (Å²) in [5.74, 6) is 1.19. The number of hydrogen-bond acceptors (Lipinski definition) is 10. The number of nitrogens with zero attached hydrogens (tertiary/aromatic N) is 7. The summed E-state index contributed by atoms with van der Waals surface area (Å²) in [5.41, 5.74) is 0. The van der Waals surface area contributed by atoms with Crippen LogP contribution in [-0.2, 0) is 9.53 Å². The second-order valence-corrected chi connectivity index (χ2v) is 6.61. The van der Waals surface area contributed by atoms with Crippen molar-refractivity contribution in [2.45, 2.75) is 38.4 Å². The number of nitrogens with one attached hydrogen (secondary N) is 1. The van der Waals surface area contributed by atoms with Gasteiger partial charge in [-0.15, -0.1) is 5.10 Å². The topological polar surface area (TPSA) is 111 Å². The number of carbonyl (C=O) groups excluding carboxylic acids is 1. The van der Waals surface area contributed by atoms with Crippen molar-refractivity contribution in [1.82, 2.24) is 29.7 Å². The highest BCUT2D eigenvalue weighted by molar-refractivity contribution is 7.99. The SMILES string of the molecule is CCOC(=O)CSc1ncn(-c2nc(NC(C)CC)nc(N(C)C)n2)n1. The fourth-order valence-electron chi connectivity index (χ4n) is 1.78. The number of ether oxygens (including phenoxy) is 1. The second-order valence-electron chi connectivity index (χ2n) is 5.67.